The fourth-order valence-corrected chi connectivity index (χ4v) is 2.90. The molecule has 3 fully saturated rings. The van der Waals surface area contributed by atoms with E-state index < -0.39 is 0 Å². The normalized spacial score (nSPS) is 30.8. The maximum atomic E-state index is 11.8. The number of carbonyl (C=O) groups excluding carboxylic acids is 1. The summed E-state index contributed by atoms with van der Waals surface area (Å²) < 4.78 is 5.15. The Morgan fingerprint density at radius 1 is 1.44 bits per heavy atom. The molecule has 3 saturated heterocycles. The highest BCUT2D eigenvalue weighted by Crippen LogP contribution is 2.27. The first kappa shape index (κ1) is 11.5. The number of rotatable bonds is 3. The zero-order valence-electron chi connectivity index (χ0n) is 10.3. The summed E-state index contributed by atoms with van der Waals surface area (Å²) in [5.74, 6) is 1.35. The van der Waals surface area contributed by atoms with Crippen LogP contribution < -0.4 is 5.32 Å². The molecule has 4 nitrogen and oxygen atoms in total. The second-order valence-electron chi connectivity index (χ2n) is 5.10. The number of amides is 1. The standard InChI is InChI=1S/C14H18N2O2/c17-14(4-3-12-2-1-9-18-12)15-13-10-16-7-5-11(13)6-8-16/h1-4,9,11,13H,5-8,10H2,(H,15,17)/b4-3+/t13-/m0/s1. The Morgan fingerprint density at radius 3 is 2.89 bits per heavy atom. The van der Waals surface area contributed by atoms with E-state index in [1.807, 2.05) is 12.1 Å². The molecular formula is C14H18N2O2. The SMILES string of the molecule is O=C(/C=C/c1ccco1)N[C@H]1CN2CCC1CC2. The van der Waals surface area contributed by atoms with Crippen LogP contribution >= 0.6 is 0 Å². The zero-order valence-corrected chi connectivity index (χ0v) is 10.3. The van der Waals surface area contributed by atoms with Crippen molar-refractivity contribution in [1.82, 2.24) is 10.2 Å². The molecule has 1 amide bonds. The van der Waals surface area contributed by atoms with Crippen molar-refractivity contribution in [2.45, 2.75) is 18.9 Å². The summed E-state index contributed by atoms with van der Waals surface area (Å²) in [5, 5.41) is 3.10. The molecule has 0 radical (unpaired) electrons. The molecule has 3 aliphatic heterocycles. The van der Waals surface area contributed by atoms with Crippen LogP contribution in [-0.2, 0) is 4.79 Å². The molecule has 18 heavy (non-hydrogen) atoms. The molecule has 4 heterocycles. The third kappa shape index (κ3) is 2.48. The molecule has 4 heteroatoms. The van der Waals surface area contributed by atoms with Crippen molar-refractivity contribution in [3.05, 3.63) is 30.2 Å². The zero-order chi connectivity index (χ0) is 12.4. The number of nitrogens with one attached hydrogen (secondary N) is 1. The molecule has 0 unspecified atom stereocenters. The van der Waals surface area contributed by atoms with Gasteiger partial charge in [-0.05, 0) is 50.1 Å². The van der Waals surface area contributed by atoms with E-state index in [-0.39, 0.29) is 5.91 Å². The molecule has 0 aromatic carbocycles. The van der Waals surface area contributed by atoms with Gasteiger partial charge in [0.05, 0.1) is 6.26 Å². The summed E-state index contributed by atoms with van der Waals surface area (Å²) in [7, 11) is 0. The van der Waals surface area contributed by atoms with Crippen molar-refractivity contribution >= 4 is 12.0 Å². The van der Waals surface area contributed by atoms with Gasteiger partial charge in [-0.1, -0.05) is 0 Å². The van der Waals surface area contributed by atoms with Crippen LogP contribution in [0.15, 0.2) is 28.9 Å². The van der Waals surface area contributed by atoms with Crippen LogP contribution in [0.25, 0.3) is 6.08 Å². The molecule has 1 N–H and O–H groups in total. The molecule has 2 bridgehead atoms. The molecule has 96 valence electrons. The van der Waals surface area contributed by atoms with E-state index in [4.69, 9.17) is 4.42 Å². The van der Waals surface area contributed by atoms with Crippen molar-refractivity contribution in [1.29, 1.82) is 0 Å². The molecule has 1 aromatic heterocycles. The fraction of sp³-hybridized carbons (Fsp3) is 0.500. The predicted molar refractivity (Wildman–Crippen MR) is 68.8 cm³/mol. The van der Waals surface area contributed by atoms with E-state index in [1.54, 1.807) is 18.4 Å². The summed E-state index contributed by atoms with van der Waals surface area (Å²) in [6.45, 7) is 3.39. The first-order valence-corrected chi connectivity index (χ1v) is 6.56. The molecule has 1 atom stereocenters. The van der Waals surface area contributed by atoms with Gasteiger partial charge in [-0.2, -0.15) is 0 Å². The van der Waals surface area contributed by atoms with E-state index in [1.165, 1.54) is 25.9 Å². The van der Waals surface area contributed by atoms with E-state index in [2.05, 4.69) is 10.2 Å². The molecule has 1 aromatic rings. The lowest BCUT2D eigenvalue weighted by Gasteiger charge is -2.44. The van der Waals surface area contributed by atoms with Crippen molar-refractivity contribution in [3.8, 4) is 0 Å². The average molecular weight is 246 g/mol. The van der Waals surface area contributed by atoms with Crippen LogP contribution in [0.2, 0.25) is 0 Å². The Bertz CT molecular complexity index is 431. The number of carbonyl (C=O) groups is 1. The lowest BCUT2D eigenvalue weighted by Crippen LogP contribution is -2.57. The van der Waals surface area contributed by atoms with Crippen LogP contribution in [0.5, 0.6) is 0 Å². The molecule has 0 aliphatic carbocycles. The average Bonchev–Trinajstić information content (AvgIpc) is 2.91. The van der Waals surface area contributed by atoms with Gasteiger partial charge >= 0.3 is 0 Å². The van der Waals surface area contributed by atoms with Gasteiger partial charge in [0, 0.05) is 18.7 Å². The van der Waals surface area contributed by atoms with Gasteiger partial charge in [-0.15, -0.1) is 0 Å². The van der Waals surface area contributed by atoms with Crippen LogP contribution in [0.3, 0.4) is 0 Å². The summed E-state index contributed by atoms with van der Waals surface area (Å²) in [6.07, 6.45) is 7.29. The van der Waals surface area contributed by atoms with E-state index >= 15 is 0 Å². The van der Waals surface area contributed by atoms with Crippen LogP contribution in [0, 0.1) is 5.92 Å². The predicted octanol–water partition coefficient (Wildman–Crippen LogP) is 1.50. The smallest absolute Gasteiger partial charge is 0.244 e. The lowest BCUT2D eigenvalue weighted by molar-refractivity contribution is -0.118. The molecule has 0 saturated carbocycles. The van der Waals surface area contributed by atoms with E-state index in [0.29, 0.717) is 17.7 Å². The molecular weight excluding hydrogens is 228 g/mol. The Labute approximate surface area is 107 Å². The van der Waals surface area contributed by atoms with Gasteiger partial charge in [-0.25, -0.2) is 0 Å². The Hall–Kier alpha value is -1.55. The fourth-order valence-electron chi connectivity index (χ4n) is 2.90. The monoisotopic (exact) mass is 246 g/mol. The third-order valence-electron chi connectivity index (χ3n) is 3.93. The number of hydrogen-bond donors (Lipinski definition) is 1. The highest BCUT2D eigenvalue weighted by atomic mass is 16.3. The number of fused-ring (bicyclic) bond motifs is 3. The van der Waals surface area contributed by atoms with Gasteiger partial charge in [0.2, 0.25) is 5.91 Å². The first-order valence-electron chi connectivity index (χ1n) is 6.56. The van der Waals surface area contributed by atoms with Crippen molar-refractivity contribution < 1.29 is 9.21 Å². The highest BCUT2D eigenvalue weighted by Gasteiger charge is 2.34. The molecule has 4 rings (SSSR count). The first-order chi connectivity index (χ1) is 8.81. The maximum Gasteiger partial charge on any atom is 0.244 e. The van der Waals surface area contributed by atoms with Crippen LogP contribution in [0.1, 0.15) is 18.6 Å². The minimum absolute atomic E-state index is 0.0230. The van der Waals surface area contributed by atoms with Crippen LogP contribution in [0.4, 0.5) is 0 Å². The van der Waals surface area contributed by atoms with Crippen molar-refractivity contribution in [2.24, 2.45) is 5.92 Å². The minimum atomic E-state index is -0.0230. The minimum Gasteiger partial charge on any atom is -0.465 e. The van der Waals surface area contributed by atoms with Crippen LogP contribution in [-0.4, -0.2) is 36.5 Å². The Morgan fingerprint density at radius 2 is 2.28 bits per heavy atom. The summed E-state index contributed by atoms with van der Waals surface area (Å²) in [4.78, 5) is 14.3. The number of piperidine rings is 3. The second kappa shape index (κ2) is 4.98. The quantitative estimate of drug-likeness (QED) is 0.822. The maximum absolute atomic E-state index is 11.8. The summed E-state index contributed by atoms with van der Waals surface area (Å²) in [6, 6.07) is 3.96. The third-order valence-corrected chi connectivity index (χ3v) is 3.93. The lowest BCUT2D eigenvalue weighted by atomic mass is 9.84. The van der Waals surface area contributed by atoms with Crippen molar-refractivity contribution in [2.75, 3.05) is 19.6 Å². The number of furan rings is 1. The van der Waals surface area contributed by atoms with E-state index in [0.717, 1.165) is 6.54 Å². The Kier molecular flexibility index (Phi) is 3.19. The topological polar surface area (TPSA) is 45.5 Å². The number of nitrogens with zero attached hydrogens (tertiary/aromatic N) is 1. The van der Waals surface area contributed by atoms with Gasteiger partial charge < -0.3 is 14.6 Å². The van der Waals surface area contributed by atoms with Crippen molar-refractivity contribution in [3.63, 3.8) is 0 Å². The summed E-state index contributed by atoms with van der Waals surface area (Å²) >= 11 is 0. The van der Waals surface area contributed by atoms with Gasteiger partial charge in [-0.3, -0.25) is 4.79 Å². The second-order valence-corrected chi connectivity index (χ2v) is 5.10. The molecule has 0 spiro atoms. The highest BCUT2D eigenvalue weighted by molar-refractivity contribution is 5.91. The van der Waals surface area contributed by atoms with Gasteiger partial charge in [0.15, 0.2) is 0 Å². The van der Waals surface area contributed by atoms with Gasteiger partial charge in [0.1, 0.15) is 5.76 Å². The largest absolute Gasteiger partial charge is 0.465 e. The molecule has 3 aliphatic rings. The van der Waals surface area contributed by atoms with Gasteiger partial charge in [0.25, 0.3) is 0 Å². The Balaban J connectivity index is 1.55. The number of hydrogen-bond acceptors (Lipinski definition) is 3. The summed E-state index contributed by atoms with van der Waals surface area (Å²) in [5.41, 5.74) is 0. The van der Waals surface area contributed by atoms with E-state index in [9.17, 15) is 4.79 Å².